The third-order valence-corrected chi connectivity index (χ3v) is 2.46. The van der Waals surface area contributed by atoms with Crippen LogP contribution in [-0.2, 0) is 0 Å². The minimum Gasteiger partial charge on any atom is -0.508 e. The lowest BCUT2D eigenvalue weighted by Crippen LogP contribution is -1.90. The van der Waals surface area contributed by atoms with Crippen LogP contribution in [0.2, 0.25) is 0 Å². The maximum Gasteiger partial charge on any atom is 0.127 e. The summed E-state index contributed by atoms with van der Waals surface area (Å²) < 4.78 is 5.34. The maximum absolute atomic E-state index is 9.73. The highest BCUT2D eigenvalue weighted by Gasteiger charge is 2.05. The van der Waals surface area contributed by atoms with Gasteiger partial charge in [-0.1, -0.05) is 12.1 Å². The van der Waals surface area contributed by atoms with E-state index in [0.717, 1.165) is 11.3 Å². The smallest absolute Gasteiger partial charge is 0.127 e. The summed E-state index contributed by atoms with van der Waals surface area (Å²) in [6.45, 7) is 2.56. The van der Waals surface area contributed by atoms with Gasteiger partial charge < -0.3 is 14.9 Å². The van der Waals surface area contributed by atoms with Gasteiger partial charge >= 0.3 is 0 Å². The number of rotatable bonds is 3. The Morgan fingerprint density at radius 3 is 2.29 bits per heavy atom. The summed E-state index contributed by atoms with van der Waals surface area (Å²) in [7, 11) is 0. The highest BCUT2D eigenvalue weighted by atomic mass is 16.5. The zero-order valence-electron chi connectivity index (χ0n) is 9.55. The van der Waals surface area contributed by atoms with Gasteiger partial charge in [-0.2, -0.15) is 0 Å². The molecule has 3 nitrogen and oxygen atoms in total. The van der Waals surface area contributed by atoms with Crippen molar-refractivity contribution >= 4 is 0 Å². The number of benzene rings is 2. The fourth-order valence-corrected chi connectivity index (χ4v) is 1.66. The molecule has 0 aliphatic rings. The predicted octanol–water partition coefficient (Wildman–Crippen LogP) is 3.16. The minimum atomic E-state index is 0.0530. The van der Waals surface area contributed by atoms with Crippen LogP contribution in [-0.4, -0.2) is 16.8 Å². The molecule has 0 atom stereocenters. The molecule has 2 N–H and O–H groups in total. The first-order valence-electron chi connectivity index (χ1n) is 5.46. The molecule has 0 heterocycles. The molecule has 0 saturated carbocycles. The van der Waals surface area contributed by atoms with E-state index in [4.69, 9.17) is 4.74 Å². The molecule has 0 unspecified atom stereocenters. The Kier molecular flexibility index (Phi) is 3.19. The van der Waals surface area contributed by atoms with E-state index in [1.54, 1.807) is 12.1 Å². The summed E-state index contributed by atoms with van der Waals surface area (Å²) in [5.74, 6) is 0.917. The summed E-state index contributed by atoms with van der Waals surface area (Å²) in [4.78, 5) is 0. The highest BCUT2D eigenvalue weighted by molar-refractivity contribution is 5.71. The Bertz CT molecular complexity index is 503. The molecule has 0 saturated heterocycles. The summed E-state index contributed by atoms with van der Waals surface area (Å²) in [6, 6.07) is 12.0. The van der Waals surface area contributed by atoms with Crippen LogP contribution < -0.4 is 4.74 Å². The summed E-state index contributed by atoms with van der Waals surface area (Å²) in [5.41, 5.74) is 1.57. The second-order valence-electron chi connectivity index (χ2n) is 3.66. The van der Waals surface area contributed by atoms with Crippen molar-refractivity contribution < 1.29 is 14.9 Å². The van der Waals surface area contributed by atoms with Gasteiger partial charge in [0.15, 0.2) is 0 Å². The number of hydrogen-bond acceptors (Lipinski definition) is 3. The third kappa shape index (κ3) is 2.50. The molecule has 2 aromatic rings. The van der Waals surface area contributed by atoms with Crippen LogP contribution in [0.25, 0.3) is 11.1 Å². The molecule has 0 aliphatic carbocycles. The molecule has 17 heavy (non-hydrogen) atoms. The largest absolute Gasteiger partial charge is 0.508 e. The van der Waals surface area contributed by atoms with Crippen molar-refractivity contribution in [2.24, 2.45) is 0 Å². The molecule has 0 fully saturated rings. The van der Waals surface area contributed by atoms with E-state index in [1.807, 2.05) is 31.2 Å². The first-order chi connectivity index (χ1) is 8.20. The van der Waals surface area contributed by atoms with E-state index in [0.29, 0.717) is 12.2 Å². The van der Waals surface area contributed by atoms with Crippen LogP contribution in [0.1, 0.15) is 6.92 Å². The molecule has 0 aromatic heterocycles. The Hall–Kier alpha value is -2.16. The van der Waals surface area contributed by atoms with Crippen LogP contribution in [0.3, 0.4) is 0 Å². The van der Waals surface area contributed by atoms with E-state index in [2.05, 4.69) is 0 Å². The topological polar surface area (TPSA) is 49.7 Å². The molecule has 0 aliphatic heterocycles. The average molecular weight is 230 g/mol. The monoisotopic (exact) mass is 230 g/mol. The Morgan fingerprint density at radius 2 is 1.71 bits per heavy atom. The molecule has 0 amide bonds. The molecular formula is C14H14O3. The van der Waals surface area contributed by atoms with Gasteiger partial charge in [0.25, 0.3) is 0 Å². The number of phenols is 2. The van der Waals surface area contributed by atoms with Gasteiger partial charge in [0.1, 0.15) is 17.2 Å². The van der Waals surface area contributed by atoms with Gasteiger partial charge in [-0.15, -0.1) is 0 Å². The standard InChI is InChI=1S/C14H14O3/c1-2-17-12-6-3-10(4-7-12)13-8-5-11(15)9-14(13)16/h3-9,15-16H,2H2,1H3. The normalized spacial score (nSPS) is 10.2. The van der Waals surface area contributed by atoms with Gasteiger partial charge in [-0.05, 0) is 36.8 Å². The molecular weight excluding hydrogens is 216 g/mol. The Labute approximate surface area is 99.9 Å². The molecule has 0 radical (unpaired) electrons. The lowest BCUT2D eigenvalue weighted by molar-refractivity contribution is 0.340. The summed E-state index contributed by atoms with van der Waals surface area (Å²) in [6.07, 6.45) is 0. The molecule has 0 spiro atoms. The SMILES string of the molecule is CCOc1ccc(-c2ccc(O)cc2O)cc1. The van der Waals surface area contributed by atoms with E-state index in [9.17, 15) is 10.2 Å². The third-order valence-electron chi connectivity index (χ3n) is 2.46. The molecule has 2 rings (SSSR count). The van der Waals surface area contributed by atoms with Gasteiger partial charge in [0.05, 0.1) is 6.61 Å². The first-order valence-corrected chi connectivity index (χ1v) is 5.46. The molecule has 88 valence electrons. The fourth-order valence-electron chi connectivity index (χ4n) is 1.66. The Morgan fingerprint density at radius 1 is 1.00 bits per heavy atom. The van der Waals surface area contributed by atoms with Crippen molar-refractivity contribution in [3.8, 4) is 28.4 Å². The second-order valence-corrected chi connectivity index (χ2v) is 3.66. The van der Waals surface area contributed by atoms with Crippen molar-refractivity contribution in [1.82, 2.24) is 0 Å². The van der Waals surface area contributed by atoms with Crippen LogP contribution >= 0.6 is 0 Å². The second kappa shape index (κ2) is 4.78. The van der Waals surface area contributed by atoms with E-state index >= 15 is 0 Å². The maximum atomic E-state index is 9.73. The van der Waals surface area contributed by atoms with Gasteiger partial charge in [0.2, 0.25) is 0 Å². The molecule has 2 aromatic carbocycles. The summed E-state index contributed by atoms with van der Waals surface area (Å²) in [5, 5.41) is 18.9. The average Bonchev–Trinajstić information content (AvgIpc) is 2.31. The lowest BCUT2D eigenvalue weighted by atomic mass is 10.0. The van der Waals surface area contributed by atoms with Gasteiger partial charge in [-0.25, -0.2) is 0 Å². The zero-order chi connectivity index (χ0) is 12.3. The van der Waals surface area contributed by atoms with Crippen molar-refractivity contribution in [3.63, 3.8) is 0 Å². The van der Waals surface area contributed by atoms with Gasteiger partial charge in [-0.3, -0.25) is 0 Å². The number of hydrogen-bond donors (Lipinski definition) is 2. The van der Waals surface area contributed by atoms with E-state index in [1.165, 1.54) is 6.07 Å². The highest BCUT2D eigenvalue weighted by Crippen LogP contribution is 2.32. The van der Waals surface area contributed by atoms with Crippen molar-refractivity contribution in [1.29, 1.82) is 0 Å². The lowest BCUT2D eigenvalue weighted by Gasteiger charge is -2.07. The van der Waals surface area contributed by atoms with Crippen LogP contribution in [0.5, 0.6) is 17.2 Å². The van der Waals surface area contributed by atoms with Crippen molar-refractivity contribution in [2.45, 2.75) is 6.92 Å². The van der Waals surface area contributed by atoms with Crippen molar-refractivity contribution in [2.75, 3.05) is 6.61 Å². The number of aromatic hydroxyl groups is 2. The first kappa shape index (κ1) is 11.3. The van der Waals surface area contributed by atoms with Crippen LogP contribution in [0.15, 0.2) is 42.5 Å². The summed E-state index contributed by atoms with van der Waals surface area (Å²) >= 11 is 0. The van der Waals surface area contributed by atoms with Crippen molar-refractivity contribution in [3.05, 3.63) is 42.5 Å². The molecule has 3 heteroatoms. The van der Waals surface area contributed by atoms with E-state index in [-0.39, 0.29) is 11.5 Å². The predicted molar refractivity (Wildman–Crippen MR) is 66.4 cm³/mol. The quantitative estimate of drug-likeness (QED) is 0.851. The minimum absolute atomic E-state index is 0.0530. The Balaban J connectivity index is 2.33. The van der Waals surface area contributed by atoms with Gasteiger partial charge in [0, 0.05) is 11.6 Å². The van der Waals surface area contributed by atoms with Crippen LogP contribution in [0.4, 0.5) is 0 Å². The zero-order valence-corrected chi connectivity index (χ0v) is 9.55. The fraction of sp³-hybridized carbons (Fsp3) is 0.143. The number of phenolic OH excluding ortho intramolecular Hbond substituents is 2. The van der Waals surface area contributed by atoms with Crippen LogP contribution in [0, 0.1) is 0 Å². The molecule has 0 bridgehead atoms. The van der Waals surface area contributed by atoms with E-state index < -0.39 is 0 Å². The number of ether oxygens (including phenoxy) is 1.